The maximum atomic E-state index is 12.6. The third kappa shape index (κ3) is 3.18. The largest absolute Gasteiger partial charge is 0.433 e. The number of carbonyl (C=O) groups excluding carboxylic acids is 1. The number of aryl methyl sites for hydroxylation is 1. The van der Waals surface area contributed by atoms with Crippen molar-refractivity contribution in [2.24, 2.45) is 0 Å². The highest BCUT2D eigenvalue weighted by Crippen LogP contribution is 2.32. The van der Waals surface area contributed by atoms with Crippen molar-refractivity contribution in [2.75, 3.05) is 13.1 Å². The van der Waals surface area contributed by atoms with Crippen molar-refractivity contribution in [2.45, 2.75) is 44.9 Å². The summed E-state index contributed by atoms with van der Waals surface area (Å²) in [7, 11) is 0. The zero-order chi connectivity index (χ0) is 15.0. The van der Waals surface area contributed by atoms with Crippen molar-refractivity contribution in [1.29, 1.82) is 0 Å². The van der Waals surface area contributed by atoms with Gasteiger partial charge in [-0.3, -0.25) is 4.79 Å². The van der Waals surface area contributed by atoms with Crippen molar-refractivity contribution in [1.82, 2.24) is 10.2 Å². The molecule has 0 saturated carbocycles. The van der Waals surface area contributed by atoms with E-state index in [2.05, 4.69) is 10.1 Å². The second kappa shape index (κ2) is 5.88. The van der Waals surface area contributed by atoms with E-state index < -0.39 is 6.61 Å². The lowest BCUT2D eigenvalue weighted by atomic mass is 10.1. The molecule has 1 aromatic rings. The molecule has 2 fully saturated rings. The molecule has 2 unspecified atom stereocenters. The van der Waals surface area contributed by atoms with Crippen LogP contribution in [0.1, 0.15) is 33.8 Å². The number of carbonyl (C=O) groups is 1. The van der Waals surface area contributed by atoms with Gasteiger partial charge in [0.1, 0.15) is 10.6 Å². The molecule has 1 amide bonds. The first-order valence-corrected chi connectivity index (χ1v) is 7.95. The summed E-state index contributed by atoms with van der Waals surface area (Å²) in [6, 6.07) is 2.31. The zero-order valence-electron chi connectivity index (χ0n) is 11.8. The Bertz CT molecular complexity index is 535. The number of nitrogens with one attached hydrogen (secondary N) is 1. The molecule has 2 atom stereocenters. The number of rotatable bonds is 3. The van der Waals surface area contributed by atoms with E-state index in [0.29, 0.717) is 25.2 Å². The van der Waals surface area contributed by atoms with Crippen LogP contribution >= 0.6 is 11.3 Å². The van der Waals surface area contributed by atoms with Crippen LogP contribution in [0.3, 0.4) is 0 Å². The molecule has 116 valence electrons. The van der Waals surface area contributed by atoms with Gasteiger partial charge in [-0.25, -0.2) is 0 Å². The summed E-state index contributed by atoms with van der Waals surface area (Å²) in [4.78, 5) is 15.5. The van der Waals surface area contributed by atoms with Gasteiger partial charge in [-0.05, 0) is 32.3 Å². The van der Waals surface area contributed by atoms with Crippen LogP contribution in [-0.4, -0.2) is 42.6 Å². The van der Waals surface area contributed by atoms with Gasteiger partial charge < -0.3 is 15.0 Å². The molecule has 0 radical (unpaired) electrons. The van der Waals surface area contributed by atoms with E-state index in [1.807, 2.05) is 0 Å². The molecule has 3 rings (SSSR count). The van der Waals surface area contributed by atoms with Crippen LogP contribution in [0.2, 0.25) is 0 Å². The number of ether oxygens (including phenoxy) is 1. The highest BCUT2D eigenvalue weighted by molar-refractivity contribution is 7.14. The number of amides is 1. The van der Waals surface area contributed by atoms with E-state index in [-0.39, 0.29) is 16.5 Å². The van der Waals surface area contributed by atoms with Gasteiger partial charge in [0, 0.05) is 30.1 Å². The van der Waals surface area contributed by atoms with Crippen molar-refractivity contribution in [3.05, 3.63) is 15.8 Å². The second-order valence-electron chi connectivity index (χ2n) is 5.61. The average molecular weight is 316 g/mol. The minimum Gasteiger partial charge on any atom is -0.433 e. The highest BCUT2D eigenvalue weighted by atomic mass is 32.1. The quantitative estimate of drug-likeness (QED) is 0.932. The smallest absolute Gasteiger partial charge is 0.387 e. The molecule has 1 N–H and O–H groups in total. The summed E-state index contributed by atoms with van der Waals surface area (Å²) in [5.41, 5.74) is 0. The molecular formula is C14H18F2N2O2S. The number of thiophene rings is 1. The van der Waals surface area contributed by atoms with Gasteiger partial charge in [0.2, 0.25) is 0 Å². The maximum Gasteiger partial charge on any atom is 0.387 e. The molecule has 0 aliphatic carbocycles. The van der Waals surface area contributed by atoms with E-state index >= 15 is 0 Å². The van der Waals surface area contributed by atoms with E-state index in [4.69, 9.17) is 0 Å². The summed E-state index contributed by atoms with van der Waals surface area (Å²) >= 11 is 1.21. The molecule has 0 spiro atoms. The lowest BCUT2D eigenvalue weighted by molar-refractivity contribution is -0.0499. The summed E-state index contributed by atoms with van der Waals surface area (Å²) in [6.45, 7) is 0.178. The summed E-state index contributed by atoms with van der Waals surface area (Å²) in [5, 5.41) is 3.50. The van der Waals surface area contributed by atoms with E-state index in [0.717, 1.165) is 24.1 Å². The molecule has 2 aliphatic heterocycles. The number of likely N-dealkylation sites (tertiary alicyclic amines) is 1. The van der Waals surface area contributed by atoms with Crippen molar-refractivity contribution >= 4 is 17.2 Å². The predicted molar refractivity (Wildman–Crippen MR) is 76.2 cm³/mol. The molecular weight excluding hydrogens is 298 g/mol. The van der Waals surface area contributed by atoms with Crippen LogP contribution in [0.15, 0.2) is 6.07 Å². The van der Waals surface area contributed by atoms with Crippen LogP contribution in [0.4, 0.5) is 8.78 Å². The van der Waals surface area contributed by atoms with E-state index in [1.165, 1.54) is 17.4 Å². The monoisotopic (exact) mass is 316 g/mol. The van der Waals surface area contributed by atoms with Gasteiger partial charge in [-0.2, -0.15) is 8.78 Å². The maximum absolute atomic E-state index is 12.6. The fourth-order valence-electron chi connectivity index (χ4n) is 3.09. The summed E-state index contributed by atoms with van der Waals surface area (Å²) in [5.74, 6) is -0.196. The summed E-state index contributed by atoms with van der Waals surface area (Å²) < 4.78 is 29.4. The van der Waals surface area contributed by atoms with Gasteiger partial charge in [-0.15, -0.1) is 11.3 Å². The predicted octanol–water partition coefficient (Wildman–Crippen LogP) is 2.62. The Balaban J connectivity index is 1.78. The molecule has 0 aromatic carbocycles. The minimum absolute atomic E-state index is 0.000124. The van der Waals surface area contributed by atoms with Crippen molar-refractivity contribution < 1.29 is 18.3 Å². The van der Waals surface area contributed by atoms with Crippen LogP contribution < -0.4 is 10.1 Å². The molecule has 2 aliphatic rings. The topological polar surface area (TPSA) is 41.6 Å². The average Bonchev–Trinajstić information content (AvgIpc) is 2.91. The number of fused-ring (bicyclic) bond motifs is 2. The third-order valence-corrected chi connectivity index (χ3v) is 5.06. The molecule has 4 nitrogen and oxygen atoms in total. The number of hydrogen-bond donors (Lipinski definition) is 1. The normalized spacial score (nSPS) is 25.2. The first kappa shape index (κ1) is 14.7. The third-order valence-electron chi connectivity index (χ3n) is 4.04. The lowest BCUT2D eigenvalue weighted by Gasteiger charge is -2.24. The van der Waals surface area contributed by atoms with Gasteiger partial charge in [0.25, 0.3) is 5.91 Å². The molecule has 3 heterocycles. The Morgan fingerprint density at radius 3 is 2.95 bits per heavy atom. The molecule has 1 aromatic heterocycles. The van der Waals surface area contributed by atoms with E-state index in [9.17, 15) is 13.6 Å². The molecule has 21 heavy (non-hydrogen) atoms. The fourth-order valence-corrected chi connectivity index (χ4v) is 4.01. The summed E-state index contributed by atoms with van der Waals surface area (Å²) in [6.07, 6.45) is 3.14. The van der Waals surface area contributed by atoms with Crippen LogP contribution in [0.5, 0.6) is 5.75 Å². The zero-order valence-corrected chi connectivity index (χ0v) is 12.6. The first-order chi connectivity index (χ1) is 10.0. The van der Waals surface area contributed by atoms with Gasteiger partial charge in [-0.1, -0.05) is 0 Å². The Morgan fingerprint density at radius 1 is 1.43 bits per heavy atom. The molecule has 2 bridgehead atoms. The van der Waals surface area contributed by atoms with Gasteiger partial charge >= 0.3 is 6.61 Å². The van der Waals surface area contributed by atoms with Crippen LogP contribution in [-0.2, 0) is 0 Å². The highest BCUT2D eigenvalue weighted by Gasteiger charge is 2.33. The fraction of sp³-hybridized carbons (Fsp3) is 0.643. The Labute approximate surface area is 126 Å². The van der Waals surface area contributed by atoms with Crippen LogP contribution in [0, 0.1) is 6.92 Å². The number of hydrogen-bond acceptors (Lipinski definition) is 4. The van der Waals surface area contributed by atoms with Crippen LogP contribution in [0.25, 0.3) is 0 Å². The second-order valence-corrected chi connectivity index (χ2v) is 6.86. The molecule has 7 heteroatoms. The Hall–Kier alpha value is -1.21. The first-order valence-electron chi connectivity index (χ1n) is 7.13. The van der Waals surface area contributed by atoms with Crippen molar-refractivity contribution in [3.8, 4) is 5.75 Å². The van der Waals surface area contributed by atoms with Gasteiger partial charge in [0.15, 0.2) is 0 Å². The Kier molecular flexibility index (Phi) is 4.12. The molecule has 2 saturated heterocycles. The van der Waals surface area contributed by atoms with Gasteiger partial charge in [0.05, 0.1) is 0 Å². The Morgan fingerprint density at radius 2 is 2.19 bits per heavy atom. The number of alkyl halides is 2. The SMILES string of the molecule is Cc1cc(OC(F)F)c(C(=O)N2CCC3CCC(C2)N3)s1. The minimum atomic E-state index is -2.91. The standard InChI is InChI=1S/C14H18F2N2O2S/c1-8-6-11(20-14(15)16)12(21-8)13(19)18-5-4-9-2-3-10(7-18)17-9/h6,9-10,14,17H,2-5,7H2,1H3. The lowest BCUT2D eigenvalue weighted by Crippen LogP contribution is -2.38. The number of halogens is 2. The van der Waals surface area contributed by atoms with Crippen molar-refractivity contribution in [3.63, 3.8) is 0 Å². The number of nitrogens with zero attached hydrogens (tertiary/aromatic N) is 1. The van der Waals surface area contributed by atoms with E-state index in [1.54, 1.807) is 11.8 Å².